The van der Waals surface area contributed by atoms with Gasteiger partial charge >= 0.3 is 0 Å². The molecule has 0 aliphatic carbocycles. The highest BCUT2D eigenvalue weighted by Gasteiger charge is 2.07. The minimum Gasteiger partial charge on any atom is -0.326 e. The number of rotatable bonds is 1. The van der Waals surface area contributed by atoms with Crippen molar-refractivity contribution < 1.29 is 0 Å². The summed E-state index contributed by atoms with van der Waals surface area (Å²) in [6.07, 6.45) is 0. The van der Waals surface area contributed by atoms with Gasteiger partial charge in [0.1, 0.15) is 0 Å². The molecule has 0 saturated heterocycles. The summed E-state index contributed by atoms with van der Waals surface area (Å²) in [5.41, 5.74) is 7.04. The van der Waals surface area contributed by atoms with E-state index in [2.05, 4.69) is 15.9 Å². The number of nitrogens with two attached hydrogens (primary N) is 1. The minimum absolute atomic E-state index is 0.0306. The van der Waals surface area contributed by atoms with Crippen molar-refractivity contribution in [2.45, 2.75) is 6.54 Å². The first kappa shape index (κ1) is 10.4. The van der Waals surface area contributed by atoms with Gasteiger partial charge in [-0.05, 0) is 33.4 Å². The number of para-hydroxylation sites is 1. The zero-order valence-corrected chi connectivity index (χ0v) is 9.91. The summed E-state index contributed by atoms with van der Waals surface area (Å²) in [6.45, 7) is 0.273. The van der Waals surface area contributed by atoms with Crippen LogP contribution < -0.4 is 11.3 Å². The Morgan fingerprint density at radius 1 is 1.47 bits per heavy atom. The summed E-state index contributed by atoms with van der Waals surface area (Å²) < 4.78 is 2.55. The number of nitrogens with zero attached hydrogens (tertiary/aromatic N) is 1. The van der Waals surface area contributed by atoms with Gasteiger partial charge in [-0.2, -0.15) is 0 Å². The smallest absolute Gasteiger partial charge is 0.255 e. The molecule has 78 valence electrons. The normalized spacial score (nSPS) is 10.9. The number of aromatic nitrogens is 1. The number of pyridine rings is 1. The Morgan fingerprint density at radius 2 is 2.20 bits per heavy atom. The molecule has 0 saturated carbocycles. The van der Waals surface area contributed by atoms with E-state index in [0.29, 0.717) is 5.56 Å². The van der Waals surface area contributed by atoms with E-state index in [4.69, 9.17) is 5.73 Å². The van der Waals surface area contributed by atoms with Crippen LogP contribution in [0.3, 0.4) is 0 Å². The highest BCUT2D eigenvalue weighted by Crippen LogP contribution is 2.22. The number of hydrogen-bond donors (Lipinski definition) is 1. The van der Waals surface area contributed by atoms with Crippen LogP contribution in [0.5, 0.6) is 0 Å². The fourth-order valence-electron chi connectivity index (χ4n) is 1.71. The van der Waals surface area contributed by atoms with E-state index in [1.165, 1.54) is 0 Å². The molecular weight excluding hydrogens is 256 g/mol. The van der Waals surface area contributed by atoms with E-state index in [1.807, 2.05) is 24.3 Å². The molecule has 0 aliphatic rings. The molecule has 0 bridgehead atoms. The van der Waals surface area contributed by atoms with Crippen LogP contribution in [0.4, 0.5) is 0 Å². The van der Waals surface area contributed by atoms with Crippen LogP contribution in [0, 0.1) is 0 Å². The Morgan fingerprint density at radius 3 is 2.87 bits per heavy atom. The largest absolute Gasteiger partial charge is 0.326 e. The molecule has 15 heavy (non-hydrogen) atoms. The fourth-order valence-corrected chi connectivity index (χ4v) is 2.36. The highest BCUT2D eigenvalue weighted by atomic mass is 79.9. The van der Waals surface area contributed by atoms with Crippen molar-refractivity contribution in [1.29, 1.82) is 0 Å². The molecule has 3 nitrogen and oxygen atoms in total. The number of fused-ring (bicyclic) bond motifs is 1. The third-order valence-electron chi connectivity index (χ3n) is 2.48. The quantitative estimate of drug-likeness (QED) is 0.855. The number of hydrogen-bond acceptors (Lipinski definition) is 2. The van der Waals surface area contributed by atoms with Crippen LogP contribution in [0.15, 0.2) is 33.5 Å². The van der Waals surface area contributed by atoms with Crippen LogP contribution in [-0.2, 0) is 13.6 Å². The maximum Gasteiger partial charge on any atom is 0.255 e. The van der Waals surface area contributed by atoms with E-state index >= 15 is 0 Å². The molecule has 0 aliphatic heterocycles. The minimum atomic E-state index is -0.0306. The number of halogens is 1. The van der Waals surface area contributed by atoms with Crippen molar-refractivity contribution >= 4 is 26.8 Å². The first-order valence-corrected chi connectivity index (χ1v) is 5.41. The molecule has 2 rings (SSSR count). The average Bonchev–Trinajstić information content (AvgIpc) is 2.23. The molecular formula is C11H11BrN2O. The lowest BCUT2D eigenvalue weighted by Crippen LogP contribution is -2.23. The number of aryl methyl sites for hydroxylation is 1. The van der Waals surface area contributed by atoms with E-state index in [9.17, 15) is 4.79 Å². The van der Waals surface area contributed by atoms with Crippen LogP contribution in [0.1, 0.15) is 5.56 Å². The Balaban J connectivity index is 2.98. The summed E-state index contributed by atoms with van der Waals surface area (Å²) in [5, 5.41) is 1.02. The van der Waals surface area contributed by atoms with Gasteiger partial charge in [-0.1, -0.05) is 12.1 Å². The van der Waals surface area contributed by atoms with E-state index in [0.717, 1.165) is 15.4 Å². The Bertz CT molecular complexity index is 575. The van der Waals surface area contributed by atoms with Crippen LogP contribution in [-0.4, -0.2) is 4.57 Å². The standard InChI is InChI=1S/C11H11BrN2O/c1-14-10-7(3-2-4-9(10)12)5-8(6-13)11(14)15/h2-5H,6,13H2,1H3. The second-order valence-electron chi connectivity index (χ2n) is 3.42. The summed E-state index contributed by atoms with van der Waals surface area (Å²) >= 11 is 3.44. The van der Waals surface area contributed by atoms with Crippen LogP contribution in [0.25, 0.3) is 10.9 Å². The lowest BCUT2D eigenvalue weighted by Gasteiger charge is -2.08. The molecule has 2 aromatic rings. The first-order valence-electron chi connectivity index (χ1n) is 4.62. The van der Waals surface area contributed by atoms with Crippen molar-refractivity contribution in [2.24, 2.45) is 12.8 Å². The van der Waals surface area contributed by atoms with Gasteiger partial charge in [0.2, 0.25) is 0 Å². The molecule has 1 aromatic heterocycles. The SMILES string of the molecule is Cn1c(=O)c(CN)cc2cccc(Br)c21. The maximum atomic E-state index is 11.8. The van der Waals surface area contributed by atoms with Gasteiger partial charge in [-0.25, -0.2) is 0 Å². The van der Waals surface area contributed by atoms with Gasteiger partial charge in [0.05, 0.1) is 5.52 Å². The molecule has 2 N–H and O–H groups in total. The molecule has 1 heterocycles. The summed E-state index contributed by atoms with van der Waals surface area (Å²) in [6, 6.07) is 7.68. The predicted octanol–water partition coefficient (Wildman–Crippen LogP) is 1.76. The monoisotopic (exact) mass is 266 g/mol. The molecule has 0 spiro atoms. The maximum absolute atomic E-state index is 11.8. The first-order chi connectivity index (χ1) is 7.15. The predicted molar refractivity (Wildman–Crippen MR) is 64.8 cm³/mol. The summed E-state index contributed by atoms with van der Waals surface area (Å²) in [5.74, 6) is 0. The zero-order chi connectivity index (χ0) is 11.0. The average molecular weight is 267 g/mol. The van der Waals surface area contributed by atoms with Gasteiger partial charge in [0, 0.05) is 23.6 Å². The molecule has 4 heteroatoms. The fraction of sp³-hybridized carbons (Fsp3) is 0.182. The molecule has 0 fully saturated rings. The van der Waals surface area contributed by atoms with Crippen LogP contribution >= 0.6 is 15.9 Å². The Kier molecular flexibility index (Phi) is 2.63. The lowest BCUT2D eigenvalue weighted by molar-refractivity contribution is 0.868. The summed E-state index contributed by atoms with van der Waals surface area (Å²) in [7, 11) is 1.76. The zero-order valence-electron chi connectivity index (χ0n) is 8.33. The topological polar surface area (TPSA) is 48.0 Å². The lowest BCUT2D eigenvalue weighted by atomic mass is 10.1. The van der Waals surface area contributed by atoms with Crippen molar-refractivity contribution in [3.05, 3.63) is 44.7 Å². The van der Waals surface area contributed by atoms with Crippen LogP contribution in [0.2, 0.25) is 0 Å². The second-order valence-corrected chi connectivity index (χ2v) is 4.27. The second kappa shape index (κ2) is 3.79. The van der Waals surface area contributed by atoms with Crippen molar-refractivity contribution in [3.63, 3.8) is 0 Å². The van der Waals surface area contributed by atoms with Crippen molar-refractivity contribution in [3.8, 4) is 0 Å². The molecule has 0 unspecified atom stereocenters. The van der Waals surface area contributed by atoms with Crippen molar-refractivity contribution in [1.82, 2.24) is 4.57 Å². The van der Waals surface area contributed by atoms with Gasteiger partial charge < -0.3 is 10.3 Å². The molecule has 0 amide bonds. The third-order valence-corrected chi connectivity index (χ3v) is 3.12. The number of benzene rings is 1. The third kappa shape index (κ3) is 1.60. The highest BCUT2D eigenvalue weighted by molar-refractivity contribution is 9.10. The van der Waals surface area contributed by atoms with Gasteiger partial charge in [-0.15, -0.1) is 0 Å². The van der Waals surface area contributed by atoms with E-state index in [-0.39, 0.29) is 12.1 Å². The van der Waals surface area contributed by atoms with E-state index in [1.54, 1.807) is 11.6 Å². The van der Waals surface area contributed by atoms with Gasteiger partial charge in [-0.3, -0.25) is 4.79 Å². The summed E-state index contributed by atoms with van der Waals surface area (Å²) in [4.78, 5) is 11.8. The Hall–Kier alpha value is -1.13. The van der Waals surface area contributed by atoms with Gasteiger partial charge in [0.15, 0.2) is 0 Å². The van der Waals surface area contributed by atoms with Gasteiger partial charge in [0.25, 0.3) is 5.56 Å². The molecule has 0 atom stereocenters. The molecule has 0 radical (unpaired) electrons. The molecule has 1 aromatic carbocycles. The Labute approximate surface area is 95.6 Å². The van der Waals surface area contributed by atoms with E-state index < -0.39 is 0 Å². The van der Waals surface area contributed by atoms with Crippen molar-refractivity contribution in [2.75, 3.05) is 0 Å².